The van der Waals surface area contributed by atoms with Crippen molar-refractivity contribution in [2.45, 2.75) is 52.3 Å². The fourth-order valence-electron chi connectivity index (χ4n) is 4.53. The van der Waals surface area contributed by atoms with Gasteiger partial charge in [0, 0.05) is 29.7 Å². The minimum atomic E-state index is -0.546. The summed E-state index contributed by atoms with van der Waals surface area (Å²) < 4.78 is 10.0. The third-order valence-electron chi connectivity index (χ3n) is 6.12. The molecule has 4 rings (SSSR count). The van der Waals surface area contributed by atoms with E-state index in [1.165, 1.54) is 0 Å². The second-order valence-corrected chi connectivity index (χ2v) is 11.3. The summed E-state index contributed by atoms with van der Waals surface area (Å²) in [5, 5.41) is 9.47. The number of nitrogens with one attached hydrogen (secondary N) is 1. The topological polar surface area (TPSA) is 80.3 Å². The van der Waals surface area contributed by atoms with E-state index in [1.54, 1.807) is 27.7 Å². The molecule has 0 radical (unpaired) electrons. The Morgan fingerprint density at radius 2 is 1.83 bits per heavy atom. The summed E-state index contributed by atoms with van der Waals surface area (Å²) in [5.74, 6) is 0.0617. The van der Waals surface area contributed by atoms with Crippen LogP contribution in [0.4, 0.5) is 4.79 Å². The van der Waals surface area contributed by atoms with Crippen LogP contribution in [0.2, 0.25) is 5.02 Å². The van der Waals surface area contributed by atoms with Crippen molar-refractivity contribution in [2.24, 2.45) is 5.92 Å². The highest BCUT2D eigenvalue weighted by atomic mass is 79.9. The number of nitrogens with zero attached hydrogens (tertiary/aromatic N) is 3. The monoisotopic (exact) mass is 640 g/mol. The number of carbonyl (C=O) groups excluding carboxylic acids is 2. The summed E-state index contributed by atoms with van der Waals surface area (Å²) in [6, 6.07) is 12.7. The number of amides is 1. The van der Waals surface area contributed by atoms with Gasteiger partial charge in [-0.15, -0.1) is 17.0 Å². The zero-order valence-corrected chi connectivity index (χ0v) is 24.6. The van der Waals surface area contributed by atoms with Crippen molar-refractivity contribution >= 4 is 67.4 Å². The van der Waals surface area contributed by atoms with Crippen LogP contribution < -0.4 is 5.62 Å². The number of piperidine rings is 1. The van der Waals surface area contributed by atoms with Crippen LogP contribution in [0.25, 0.3) is 11.0 Å². The molecule has 1 unspecified atom stereocenters. The number of aromatic nitrogens is 2. The van der Waals surface area contributed by atoms with E-state index in [4.69, 9.17) is 21.7 Å². The lowest BCUT2D eigenvalue weighted by molar-refractivity contribution is 0.0157. The molecule has 1 N–H and O–H groups in total. The van der Waals surface area contributed by atoms with Gasteiger partial charge in [0.25, 0.3) is 0 Å². The molecule has 10 heteroatoms. The molecule has 194 valence electrons. The summed E-state index contributed by atoms with van der Waals surface area (Å²) in [4.78, 5) is 27.4. The van der Waals surface area contributed by atoms with Gasteiger partial charge in [-0.1, -0.05) is 45.7 Å². The standard InChI is InChI=1S/C26H30BrClN4O3.BrH/c1-26(2,3)35-25(34)30-13-5-6-17(14-30)15-32-23-20(28)7-4-8-21(23)31(24(32)29)16-22(33)18-9-11-19(27)12-10-18;/h4,7-12,17,29H,5-6,13-16H2,1-3H3;1H. The Bertz CT molecular complexity index is 1310. The molecule has 1 aromatic heterocycles. The molecule has 0 bridgehead atoms. The first-order valence-corrected chi connectivity index (χ1v) is 12.9. The predicted molar refractivity (Wildman–Crippen MR) is 150 cm³/mol. The lowest BCUT2D eigenvalue weighted by atomic mass is 9.98. The Hall–Kier alpha value is -2.10. The minimum absolute atomic E-state index is 0. The molecule has 0 spiro atoms. The summed E-state index contributed by atoms with van der Waals surface area (Å²) >= 11 is 9.99. The maximum Gasteiger partial charge on any atom is 0.410 e. The molecule has 36 heavy (non-hydrogen) atoms. The summed E-state index contributed by atoms with van der Waals surface area (Å²) in [6.07, 6.45) is 1.49. The van der Waals surface area contributed by atoms with E-state index in [9.17, 15) is 9.59 Å². The number of rotatable bonds is 5. The Labute approximate surface area is 234 Å². The maximum atomic E-state index is 13.0. The smallest absolute Gasteiger partial charge is 0.410 e. The van der Waals surface area contributed by atoms with E-state index in [0.717, 1.165) is 28.3 Å². The number of hydrogen-bond acceptors (Lipinski definition) is 4. The second-order valence-electron chi connectivity index (χ2n) is 9.99. The molecule has 1 fully saturated rings. The predicted octanol–water partition coefficient (Wildman–Crippen LogP) is 6.45. The largest absolute Gasteiger partial charge is 0.444 e. The number of para-hydroxylation sites is 1. The molecule has 1 saturated heterocycles. The van der Waals surface area contributed by atoms with Crippen molar-refractivity contribution < 1.29 is 14.3 Å². The fraction of sp³-hybridized carbons (Fsp3) is 0.423. The molecule has 2 aromatic carbocycles. The van der Waals surface area contributed by atoms with Crippen LogP contribution in [-0.4, -0.2) is 44.6 Å². The van der Waals surface area contributed by atoms with Crippen molar-refractivity contribution in [1.82, 2.24) is 14.0 Å². The van der Waals surface area contributed by atoms with E-state index in [0.29, 0.717) is 30.2 Å². The number of ether oxygens (including phenoxy) is 1. The Balaban J connectivity index is 0.00000361. The molecule has 0 saturated carbocycles. The number of hydrogen-bond donors (Lipinski definition) is 1. The first-order chi connectivity index (χ1) is 16.5. The van der Waals surface area contributed by atoms with Crippen molar-refractivity contribution in [3.63, 3.8) is 0 Å². The van der Waals surface area contributed by atoms with Gasteiger partial charge >= 0.3 is 6.09 Å². The van der Waals surface area contributed by atoms with Gasteiger partial charge in [0.1, 0.15) is 5.60 Å². The van der Waals surface area contributed by atoms with Gasteiger partial charge in [0.15, 0.2) is 5.78 Å². The highest BCUT2D eigenvalue weighted by Gasteiger charge is 2.29. The third kappa shape index (κ3) is 6.42. The SMILES string of the molecule is Br.CC(C)(C)OC(=O)N1CCCC(Cn2c(=N)n(CC(=O)c3ccc(Br)cc3)c3cccc(Cl)c32)C1. The Morgan fingerprint density at radius 3 is 2.50 bits per heavy atom. The van der Waals surface area contributed by atoms with Crippen LogP contribution in [0.15, 0.2) is 46.9 Å². The molecule has 2 heterocycles. The first kappa shape index (κ1) is 28.5. The Morgan fingerprint density at radius 1 is 1.14 bits per heavy atom. The molecular weight excluding hydrogens is 612 g/mol. The second kappa shape index (κ2) is 11.5. The van der Waals surface area contributed by atoms with Gasteiger partial charge in [-0.25, -0.2) is 4.79 Å². The summed E-state index contributed by atoms with van der Waals surface area (Å²) in [6.45, 7) is 7.37. The summed E-state index contributed by atoms with van der Waals surface area (Å²) in [5.41, 5.74) is 1.73. The number of fused-ring (bicyclic) bond motifs is 1. The van der Waals surface area contributed by atoms with Gasteiger partial charge in [-0.2, -0.15) is 0 Å². The third-order valence-corrected chi connectivity index (χ3v) is 6.95. The molecular formula is C26H31Br2ClN4O3. The first-order valence-electron chi connectivity index (χ1n) is 11.7. The average molecular weight is 643 g/mol. The number of carbonyl (C=O) groups is 2. The number of ketones is 1. The Kier molecular flexibility index (Phi) is 9.11. The van der Waals surface area contributed by atoms with E-state index >= 15 is 0 Å². The number of halogens is 3. The van der Waals surface area contributed by atoms with Gasteiger partial charge in [-0.05, 0) is 63.8 Å². The van der Waals surface area contributed by atoms with Crippen molar-refractivity contribution in [3.05, 3.63) is 63.1 Å². The van der Waals surface area contributed by atoms with E-state index in [-0.39, 0.29) is 46.9 Å². The van der Waals surface area contributed by atoms with Crippen LogP contribution in [0.1, 0.15) is 44.0 Å². The van der Waals surface area contributed by atoms with Gasteiger partial charge < -0.3 is 18.8 Å². The van der Waals surface area contributed by atoms with Crippen molar-refractivity contribution in [2.75, 3.05) is 13.1 Å². The highest BCUT2D eigenvalue weighted by molar-refractivity contribution is 9.10. The van der Waals surface area contributed by atoms with Crippen molar-refractivity contribution in [1.29, 1.82) is 5.41 Å². The van der Waals surface area contributed by atoms with E-state index in [2.05, 4.69) is 15.9 Å². The molecule has 3 aromatic rings. The van der Waals surface area contributed by atoms with Crippen LogP contribution >= 0.6 is 44.5 Å². The maximum absolute atomic E-state index is 13.0. The molecule has 1 aliphatic heterocycles. The van der Waals surface area contributed by atoms with E-state index < -0.39 is 5.60 Å². The summed E-state index contributed by atoms with van der Waals surface area (Å²) in [7, 11) is 0. The van der Waals surface area contributed by atoms with Gasteiger partial charge in [-0.3, -0.25) is 10.2 Å². The van der Waals surface area contributed by atoms with Crippen molar-refractivity contribution in [3.8, 4) is 0 Å². The van der Waals surface area contributed by atoms with Crippen LogP contribution in [-0.2, 0) is 17.8 Å². The number of likely N-dealkylation sites (tertiary alicyclic amines) is 1. The molecule has 1 atom stereocenters. The average Bonchev–Trinajstić information content (AvgIpc) is 3.05. The number of Topliss-reactive ketones (excluding diaryl/α,β-unsaturated/α-hetero) is 1. The van der Waals surface area contributed by atoms with E-state index in [1.807, 2.05) is 49.6 Å². The molecule has 1 amide bonds. The fourth-order valence-corrected chi connectivity index (χ4v) is 5.06. The van der Waals surface area contributed by atoms with Gasteiger partial charge in [0.05, 0.1) is 22.6 Å². The zero-order chi connectivity index (χ0) is 25.3. The molecule has 7 nitrogen and oxygen atoms in total. The lowest BCUT2D eigenvalue weighted by Gasteiger charge is -2.34. The number of imidazole rings is 1. The zero-order valence-electron chi connectivity index (χ0n) is 20.6. The minimum Gasteiger partial charge on any atom is -0.444 e. The number of benzene rings is 2. The normalized spacial score (nSPS) is 16.0. The van der Waals surface area contributed by atoms with Crippen LogP contribution in [0, 0.1) is 11.3 Å². The highest BCUT2D eigenvalue weighted by Crippen LogP contribution is 2.26. The van der Waals surface area contributed by atoms with Crippen LogP contribution in [0.3, 0.4) is 0 Å². The molecule has 0 aliphatic carbocycles. The van der Waals surface area contributed by atoms with Gasteiger partial charge in [0.2, 0.25) is 5.62 Å². The van der Waals surface area contributed by atoms with Crippen LogP contribution in [0.5, 0.6) is 0 Å². The quantitative estimate of drug-likeness (QED) is 0.325. The molecule has 1 aliphatic rings. The lowest BCUT2D eigenvalue weighted by Crippen LogP contribution is -2.44.